The van der Waals surface area contributed by atoms with Crippen molar-refractivity contribution in [2.75, 3.05) is 26.2 Å². The van der Waals surface area contributed by atoms with Crippen LogP contribution in [0.15, 0.2) is 17.5 Å². The van der Waals surface area contributed by atoms with Crippen molar-refractivity contribution in [2.24, 2.45) is 11.3 Å². The van der Waals surface area contributed by atoms with Crippen LogP contribution in [-0.2, 0) is 9.59 Å². The molecule has 2 atom stereocenters. The van der Waals surface area contributed by atoms with E-state index >= 15 is 0 Å². The van der Waals surface area contributed by atoms with E-state index in [0.717, 1.165) is 6.42 Å². The monoisotopic (exact) mass is 334 g/mol. The first kappa shape index (κ1) is 16.5. The Morgan fingerprint density at radius 3 is 2.39 bits per heavy atom. The van der Waals surface area contributed by atoms with E-state index in [2.05, 4.69) is 38.3 Å². The van der Waals surface area contributed by atoms with Gasteiger partial charge in [-0.2, -0.15) is 0 Å². The number of nitrogens with zero attached hydrogens (tertiary/aromatic N) is 2. The Bertz CT molecular complexity index is 568. The lowest BCUT2D eigenvalue weighted by molar-refractivity contribution is -0.141. The van der Waals surface area contributed by atoms with Crippen molar-refractivity contribution in [3.8, 4) is 0 Å². The van der Waals surface area contributed by atoms with Crippen LogP contribution in [0.1, 0.15) is 44.4 Å². The van der Waals surface area contributed by atoms with E-state index in [1.807, 2.05) is 9.80 Å². The number of piperazine rings is 1. The van der Waals surface area contributed by atoms with Gasteiger partial charge in [-0.1, -0.05) is 26.8 Å². The number of carbonyl (C=O) groups is 2. The van der Waals surface area contributed by atoms with E-state index < -0.39 is 0 Å². The van der Waals surface area contributed by atoms with Gasteiger partial charge in [-0.25, -0.2) is 0 Å². The van der Waals surface area contributed by atoms with E-state index in [9.17, 15) is 9.59 Å². The van der Waals surface area contributed by atoms with Gasteiger partial charge >= 0.3 is 0 Å². The predicted octanol–water partition coefficient (Wildman–Crippen LogP) is 2.96. The van der Waals surface area contributed by atoms with Crippen molar-refractivity contribution in [2.45, 2.75) is 39.5 Å². The molecule has 23 heavy (non-hydrogen) atoms. The van der Waals surface area contributed by atoms with Crippen molar-refractivity contribution in [1.29, 1.82) is 0 Å². The lowest BCUT2D eigenvalue weighted by Crippen LogP contribution is -2.51. The van der Waals surface area contributed by atoms with Crippen LogP contribution in [0.5, 0.6) is 0 Å². The number of hydrogen-bond donors (Lipinski definition) is 0. The van der Waals surface area contributed by atoms with Gasteiger partial charge in [0.05, 0.1) is 0 Å². The molecule has 1 saturated carbocycles. The summed E-state index contributed by atoms with van der Waals surface area (Å²) in [6, 6.07) is 4.19. The largest absolute Gasteiger partial charge is 0.339 e. The summed E-state index contributed by atoms with van der Waals surface area (Å²) in [5, 5.41) is 2.08. The Kier molecular flexibility index (Phi) is 4.50. The summed E-state index contributed by atoms with van der Waals surface area (Å²) in [5.74, 6) is 1.10. The van der Waals surface area contributed by atoms with Crippen LogP contribution in [0.4, 0.5) is 0 Å². The molecule has 0 spiro atoms. The molecule has 2 amide bonds. The minimum atomic E-state index is 0.0198. The van der Waals surface area contributed by atoms with E-state index in [1.54, 1.807) is 11.3 Å². The molecular weight excluding hydrogens is 308 g/mol. The van der Waals surface area contributed by atoms with Gasteiger partial charge in [0.25, 0.3) is 0 Å². The van der Waals surface area contributed by atoms with E-state index in [4.69, 9.17) is 0 Å². The first-order chi connectivity index (χ1) is 10.8. The zero-order chi connectivity index (χ0) is 16.6. The standard InChI is InChI=1S/C18H26N2O2S/c1-18(2,3)12-16(21)19-6-8-20(9-7-19)17(22)14-11-13(14)15-5-4-10-23-15/h4-5,10,13-14H,6-9,11-12H2,1-3H3. The summed E-state index contributed by atoms with van der Waals surface area (Å²) in [6.07, 6.45) is 1.56. The fourth-order valence-corrected chi connectivity index (χ4v) is 4.17. The van der Waals surface area contributed by atoms with Crippen LogP contribution in [0.2, 0.25) is 0 Å². The summed E-state index contributed by atoms with van der Waals surface area (Å²) >= 11 is 1.75. The molecule has 1 aromatic heterocycles. The van der Waals surface area contributed by atoms with Gasteiger partial charge in [0.2, 0.25) is 11.8 Å². The fourth-order valence-electron chi connectivity index (χ4n) is 3.26. The van der Waals surface area contributed by atoms with Gasteiger partial charge in [0, 0.05) is 49.3 Å². The Morgan fingerprint density at radius 2 is 1.83 bits per heavy atom. The maximum atomic E-state index is 12.6. The highest BCUT2D eigenvalue weighted by Crippen LogP contribution is 2.50. The molecule has 1 aliphatic heterocycles. The molecule has 3 rings (SSSR count). The summed E-state index contributed by atoms with van der Waals surface area (Å²) in [4.78, 5) is 30.1. The molecule has 2 aliphatic rings. The SMILES string of the molecule is CC(C)(C)CC(=O)N1CCN(C(=O)C2CC2c2cccs2)CC1. The first-order valence-electron chi connectivity index (χ1n) is 8.45. The summed E-state index contributed by atoms with van der Waals surface area (Å²) in [5.41, 5.74) is 0.0198. The normalized spacial score (nSPS) is 24.7. The number of rotatable bonds is 3. The van der Waals surface area contributed by atoms with Crippen LogP contribution >= 0.6 is 11.3 Å². The lowest BCUT2D eigenvalue weighted by Gasteiger charge is -2.36. The topological polar surface area (TPSA) is 40.6 Å². The van der Waals surface area contributed by atoms with Crippen LogP contribution in [0.25, 0.3) is 0 Å². The van der Waals surface area contributed by atoms with Crippen molar-refractivity contribution in [3.63, 3.8) is 0 Å². The summed E-state index contributed by atoms with van der Waals surface area (Å²) in [7, 11) is 0. The second kappa shape index (κ2) is 6.27. The van der Waals surface area contributed by atoms with Crippen LogP contribution in [0.3, 0.4) is 0 Å². The molecule has 0 aromatic carbocycles. The van der Waals surface area contributed by atoms with E-state index in [0.29, 0.717) is 38.5 Å². The number of carbonyl (C=O) groups excluding carboxylic acids is 2. The molecule has 4 nitrogen and oxygen atoms in total. The highest BCUT2D eigenvalue weighted by atomic mass is 32.1. The molecule has 0 bridgehead atoms. The van der Waals surface area contributed by atoms with Crippen molar-refractivity contribution < 1.29 is 9.59 Å². The Labute approximate surface area is 142 Å². The number of thiophene rings is 1. The molecule has 2 unspecified atom stereocenters. The molecule has 0 radical (unpaired) electrons. The Morgan fingerprint density at radius 1 is 1.17 bits per heavy atom. The third-order valence-electron chi connectivity index (χ3n) is 4.64. The first-order valence-corrected chi connectivity index (χ1v) is 9.33. The quantitative estimate of drug-likeness (QED) is 0.853. The van der Waals surface area contributed by atoms with Gasteiger partial charge in [-0.15, -0.1) is 11.3 Å². The average molecular weight is 334 g/mol. The molecule has 0 N–H and O–H groups in total. The molecule has 1 aliphatic carbocycles. The molecule has 126 valence electrons. The Hall–Kier alpha value is -1.36. The van der Waals surface area contributed by atoms with Crippen molar-refractivity contribution in [3.05, 3.63) is 22.4 Å². The second-order valence-electron chi connectivity index (χ2n) is 7.91. The Balaban J connectivity index is 1.48. The maximum Gasteiger partial charge on any atom is 0.226 e. The second-order valence-corrected chi connectivity index (χ2v) is 8.89. The van der Waals surface area contributed by atoms with Gasteiger partial charge in [-0.05, 0) is 23.3 Å². The van der Waals surface area contributed by atoms with Crippen LogP contribution in [0, 0.1) is 11.3 Å². The van der Waals surface area contributed by atoms with Gasteiger partial charge in [0.1, 0.15) is 0 Å². The highest BCUT2D eigenvalue weighted by Gasteiger charge is 2.46. The number of amides is 2. The maximum absolute atomic E-state index is 12.6. The smallest absolute Gasteiger partial charge is 0.226 e. The molecule has 2 fully saturated rings. The lowest BCUT2D eigenvalue weighted by atomic mass is 9.91. The third-order valence-corrected chi connectivity index (χ3v) is 5.65. The average Bonchev–Trinajstić information content (AvgIpc) is 3.10. The van der Waals surface area contributed by atoms with Gasteiger partial charge in [-0.3, -0.25) is 9.59 Å². The van der Waals surface area contributed by atoms with Gasteiger partial charge < -0.3 is 9.80 Å². The van der Waals surface area contributed by atoms with E-state index in [1.165, 1.54) is 4.88 Å². The zero-order valence-corrected chi connectivity index (χ0v) is 15.1. The minimum absolute atomic E-state index is 0.0198. The molecular formula is C18H26N2O2S. The number of hydrogen-bond acceptors (Lipinski definition) is 3. The minimum Gasteiger partial charge on any atom is -0.339 e. The zero-order valence-electron chi connectivity index (χ0n) is 14.2. The molecule has 2 heterocycles. The van der Waals surface area contributed by atoms with Crippen LogP contribution < -0.4 is 0 Å². The van der Waals surface area contributed by atoms with Crippen LogP contribution in [-0.4, -0.2) is 47.8 Å². The molecule has 1 aromatic rings. The van der Waals surface area contributed by atoms with E-state index in [-0.39, 0.29) is 23.1 Å². The van der Waals surface area contributed by atoms with Gasteiger partial charge in [0.15, 0.2) is 0 Å². The highest BCUT2D eigenvalue weighted by molar-refractivity contribution is 7.10. The summed E-state index contributed by atoms with van der Waals surface area (Å²) < 4.78 is 0. The summed E-state index contributed by atoms with van der Waals surface area (Å²) in [6.45, 7) is 8.98. The van der Waals surface area contributed by atoms with Crippen molar-refractivity contribution in [1.82, 2.24) is 9.80 Å². The van der Waals surface area contributed by atoms with Crippen molar-refractivity contribution >= 4 is 23.2 Å². The molecule has 1 saturated heterocycles. The fraction of sp³-hybridized carbons (Fsp3) is 0.667. The predicted molar refractivity (Wildman–Crippen MR) is 92.4 cm³/mol. The third kappa shape index (κ3) is 3.94. The molecule has 5 heteroatoms.